The van der Waals surface area contributed by atoms with Gasteiger partial charge < -0.3 is 5.32 Å². The van der Waals surface area contributed by atoms with Crippen LogP contribution in [0.5, 0.6) is 0 Å². The van der Waals surface area contributed by atoms with Gasteiger partial charge in [0.2, 0.25) is 5.91 Å². The summed E-state index contributed by atoms with van der Waals surface area (Å²) in [5.74, 6) is -2.61. The molecule has 0 spiro atoms. The van der Waals surface area contributed by atoms with Gasteiger partial charge in [-0.15, -0.1) is 0 Å². The molecule has 23 heavy (non-hydrogen) atoms. The van der Waals surface area contributed by atoms with Crippen molar-refractivity contribution in [3.8, 4) is 11.8 Å². The Morgan fingerprint density at radius 2 is 2.04 bits per heavy atom. The lowest BCUT2D eigenvalue weighted by atomic mass is 10.0. The van der Waals surface area contributed by atoms with Gasteiger partial charge in [-0.05, 0) is 26.0 Å². The number of nitrogens with one attached hydrogen (secondary N) is 1. The Balaban J connectivity index is 2.26. The van der Waals surface area contributed by atoms with Crippen molar-refractivity contribution in [3.05, 3.63) is 47.2 Å². The van der Waals surface area contributed by atoms with Crippen molar-refractivity contribution in [2.45, 2.75) is 19.9 Å². The van der Waals surface area contributed by atoms with Crippen LogP contribution in [-0.4, -0.2) is 27.5 Å². The molecule has 1 unspecified atom stereocenters. The van der Waals surface area contributed by atoms with Crippen LogP contribution < -0.4 is 5.32 Å². The molecule has 1 aromatic carbocycles. The second-order valence-corrected chi connectivity index (χ2v) is 5.62. The maximum absolute atomic E-state index is 12.4. The van der Waals surface area contributed by atoms with Gasteiger partial charge in [0.15, 0.2) is 11.7 Å². The first-order valence-electron chi connectivity index (χ1n) is 6.97. The standard InChI is InChI=1S/C16H15ClN4O2/c1-10(2)20-16(23)12(7-18)15(22)11-8-19-21(9-11)14-6-4-3-5-13(14)17/h3-6,8-10,12H,1-2H3,(H,20,23). The van der Waals surface area contributed by atoms with Gasteiger partial charge >= 0.3 is 0 Å². The molecular weight excluding hydrogens is 316 g/mol. The molecule has 1 heterocycles. The average Bonchev–Trinajstić information content (AvgIpc) is 2.97. The zero-order chi connectivity index (χ0) is 17.0. The number of nitrogens with zero attached hydrogens (tertiary/aromatic N) is 3. The number of halogens is 1. The summed E-state index contributed by atoms with van der Waals surface area (Å²) in [5.41, 5.74) is 0.781. The number of carbonyl (C=O) groups excluding carboxylic acids is 2. The number of amides is 1. The van der Waals surface area contributed by atoms with E-state index in [2.05, 4.69) is 10.4 Å². The number of carbonyl (C=O) groups is 2. The van der Waals surface area contributed by atoms with Crippen LogP contribution >= 0.6 is 11.6 Å². The van der Waals surface area contributed by atoms with Gasteiger partial charge in [-0.2, -0.15) is 10.4 Å². The van der Waals surface area contributed by atoms with Crippen molar-refractivity contribution in [3.63, 3.8) is 0 Å². The van der Waals surface area contributed by atoms with Crippen molar-refractivity contribution in [2.24, 2.45) is 5.92 Å². The zero-order valence-corrected chi connectivity index (χ0v) is 13.4. The molecule has 0 radical (unpaired) electrons. The fourth-order valence-corrected chi connectivity index (χ4v) is 2.21. The zero-order valence-electron chi connectivity index (χ0n) is 12.7. The van der Waals surface area contributed by atoms with E-state index in [1.165, 1.54) is 17.1 Å². The molecule has 2 rings (SSSR count). The van der Waals surface area contributed by atoms with Crippen LogP contribution in [0, 0.1) is 17.2 Å². The third-order valence-corrected chi connectivity index (χ3v) is 3.37. The molecule has 1 atom stereocenters. The monoisotopic (exact) mass is 330 g/mol. The van der Waals surface area contributed by atoms with E-state index < -0.39 is 17.6 Å². The fraction of sp³-hybridized carbons (Fsp3) is 0.250. The number of benzene rings is 1. The van der Waals surface area contributed by atoms with Crippen molar-refractivity contribution < 1.29 is 9.59 Å². The highest BCUT2D eigenvalue weighted by Gasteiger charge is 2.29. The van der Waals surface area contributed by atoms with Gasteiger partial charge in [-0.1, -0.05) is 23.7 Å². The van der Waals surface area contributed by atoms with Crippen LogP contribution in [-0.2, 0) is 4.79 Å². The molecule has 118 valence electrons. The molecule has 0 saturated carbocycles. The molecule has 0 bridgehead atoms. The first kappa shape index (κ1) is 16.7. The Hall–Kier alpha value is -2.65. The lowest BCUT2D eigenvalue weighted by Gasteiger charge is -2.11. The number of Topliss-reactive ketones (excluding diaryl/α,β-unsaturated/α-hetero) is 1. The number of aromatic nitrogens is 2. The first-order chi connectivity index (χ1) is 10.9. The van der Waals surface area contributed by atoms with Crippen LogP contribution in [0.4, 0.5) is 0 Å². The Bertz CT molecular complexity index is 776. The first-order valence-corrected chi connectivity index (χ1v) is 7.35. The average molecular weight is 331 g/mol. The van der Waals surface area contributed by atoms with Gasteiger partial charge in [0, 0.05) is 12.2 Å². The van der Waals surface area contributed by atoms with Crippen molar-refractivity contribution in [1.82, 2.24) is 15.1 Å². The molecule has 0 saturated heterocycles. The molecule has 2 aromatic rings. The number of ketones is 1. The number of hydrogen-bond donors (Lipinski definition) is 1. The summed E-state index contributed by atoms with van der Waals surface area (Å²) in [5, 5.41) is 16.2. The molecular formula is C16H15ClN4O2. The summed E-state index contributed by atoms with van der Waals surface area (Å²) >= 11 is 6.08. The van der Waals surface area contributed by atoms with E-state index in [1.54, 1.807) is 44.2 Å². The van der Waals surface area contributed by atoms with E-state index in [-0.39, 0.29) is 11.6 Å². The molecule has 1 aromatic heterocycles. The molecule has 0 aliphatic carbocycles. The van der Waals surface area contributed by atoms with Crippen LogP contribution in [0.2, 0.25) is 5.02 Å². The molecule has 0 aliphatic rings. The molecule has 7 heteroatoms. The number of para-hydroxylation sites is 1. The quantitative estimate of drug-likeness (QED) is 0.673. The Labute approximate surface area is 138 Å². The highest BCUT2D eigenvalue weighted by Crippen LogP contribution is 2.20. The molecule has 1 N–H and O–H groups in total. The van der Waals surface area contributed by atoms with Crippen LogP contribution in [0.1, 0.15) is 24.2 Å². The minimum atomic E-state index is -1.40. The number of hydrogen-bond acceptors (Lipinski definition) is 4. The summed E-state index contributed by atoms with van der Waals surface area (Å²) in [6.07, 6.45) is 2.77. The van der Waals surface area contributed by atoms with Crippen molar-refractivity contribution in [2.75, 3.05) is 0 Å². The van der Waals surface area contributed by atoms with Crippen molar-refractivity contribution in [1.29, 1.82) is 5.26 Å². The largest absolute Gasteiger partial charge is 0.352 e. The highest BCUT2D eigenvalue weighted by atomic mass is 35.5. The molecule has 1 amide bonds. The highest BCUT2D eigenvalue weighted by molar-refractivity contribution is 6.32. The van der Waals surface area contributed by atoms with E-state index in [0.717, 1.165) is 0 Å². The minimum absolute atomic E-state index is 0.156. The van der Waals surface area contributed by atoms with Crippen LogP contribution in [0.15, 0.2) is 36.7 Å². The third-order valence-electron chi connectivity index (χ3n) is 3.05. The van der Waals surface area contributed by atoms with Crippen LogP contribution in [0.25, 0.3) is 5.69 Å². The lowest BCUT2D eigenvalue weighted by Crippen LogP contribution is -2.38. The fourth-order valence-electron chi connectivity index (χ4n) is 1.99. The Kier molecular flexibility index (Phi) is 5.14. The topological polar surface area (TPSA) is 87.8 Å². The smallest absolute Gasteiger partial charge is 0.245 e. The van der Waals surface area contributed by atoms with Gasteiger partial charge in [0.1, 0.15) is 0 Å². The van der Waals surface area contributed by atoms with E-state index in [4.69, 9.17) is 16.9 Å². The van der Waals surface area contributed by atoms with E-state index in [9.17, 15) is 9.59 Å². The lowest BCUT2D eigenvalue weighted by molar-refractivity contribution is -0.122. The molecule has 0 fully saturated rings. The van der Waals surface area contributed by atoms with E-state index >= 15 is 0 Å². The normalized spacial score (nSPS) is 11.8. The summed E-state index contributed by atoms with van der Waals surface area (Å²) in [6.45, 7) is 3.51. The molecule has 6 nitrogen and oxygen atoms in total. The van der Waals surface area contributed by atoms with Gasteiger partial charge in [-0.25, -0.2) is 4.68 Å². The van der Waals surface area contributed by atoms with Gasteiger partial charge in [-0.3, -0.25) is 9.59 Å². The number of nitriles is 1. The van der Waals surface area contributed by atoms with Gasteiger partial charge in [0.05, 0.1) is 28.5 Å². The Morgan fingerprint density at radius 3 is 2.65 bits per heavy atom. The Morgan fingerprint density at radius 1 is 1.35 bits per heavy atom. The predicted octanol–water partition coefficient (Wildman–Crippen LogP) is 2.37. The summed E-state index contributed by atoms with van der Waals surface area (Å²) in [7, 11) is 0. The summed E-state index contributed by atoms with van der Waals surface area (Å²) < 4.78 is 1.43. The number of rotatable bonds is 5. The third kappa shape index (κ3) is 3.76. The van der Waals surface area contributed by atoms with Crippen LogP contribution in [0.3, 0.4) is 0 Å². The van der Waals surface area contributed by atoms with E-state index in [0.29, 0.717) is 10.7 Å². The van der Waals surface area contributed by atoms with E-state index in [1.807, 2.05) is 0 Å². The van der Waals surface area contributed by atoms with Gasteiger partial charge in [0.25, 0.3) is 0 Å². The van der Waals surface area contributed by atoms with Crippen molar-refractivity contribution >= 4 is 23.3 Å². The maximum atomic E-state index is 12.4. The second kappa shape index (κ2) is 7.07. The maximum Gasteiger partial charge on any atom is 0.245 e. The SMILES string of the molecule is CC(C)NC(=O)C(C#N)C(=O)c1cnn(-c2ccccc2Cl)c1. The minimum Gasteiger partial charge on any atom is -0.352 e. The summed E-state index contributed by atoms with van der Waals surface area (Å²) in [6, 6.07) is 8.61. The predicted molar refractivity (Wildman–Crippen MR) is 85.3 cm³/mol. The molecule has 0 aliphatic heterocycles. The second-order valence-electron chi connectivity index (χ2n) is 5.21. The summed E-state index contributed by atoms with van der Waals surface area (Å²) in [4.78, 5) is 24.3.